The third kappa shape index (κ3) is 2.66. The number of aryl methyl sites for hydroxylation is 2. The molecule has 7 aromatic rings. The topological polar surface area (TPSA) is 76.0 Å². The fourth-order valence-electron chi connectivity index (χ4n) is 6.20. The van der Waals surface area contributed by atoms with Gasteiger partial charge in [-0.3, -0.25) is 19.2 Å². The molecule has 1 aromatic heterocycles. The van der Waals surface area contributed by atoms with Crippen molar-refractivity contribution in [3.8, 4) is 0 Å². The smallest absolute Gasteiger partial charge is 0.289 e. The molecule has 1 heterocycles. The van der Waals surface area contributed by atoms with Crippen LogP contribution in [0.15, 0.2) is 92.0 Å². The number of fused-ring (bicyclic) bond motifs is 8. The first-order valence-corrected chi connectivity index (χ1v) is 12.7. The molecule has 0 bridgehead atoms. The summed E-state index contributed by atoms with van der Waals surface area (Å²) in [6, 6.07) is 21.0. The highest BCUT2D eigenvalue weighted by atomic mass is 16.1. The average Bonchev–Trinajstić information content (AvgIpc) is 2.96. The van der Waals surface area contributed by atoms with E-state index in [0.29, 0.717) is 67.2 Å². The Morgan fingerprint density at radius 2 is 0.789 bits per heavy atom. The number of hydrogen-bond donors (Lipinski definition) is 0. The van der Waals surface area contributed by atoms with Crippen LogP contribution in [0.4, 0.5) is 0 Å². The summed E-state index contributed by atoms with van der Waals surface area (Å²) in [5.74, 6) is 0. The molecular weight excluding hydrogens is 476 g/mol. The third-order valence-corrected chi connectivity index (χ3v) is 7.84. The third-order valence-electron chi connectivity index (χ3n) is 7.84. The minimum Gasteiger partial charge on any atom is -0.289 e. The van der Waals surface area contributed by atoms with E-state index in [-0.39, 0.29) is 21.7 Å². The Labute approximate surface area is 214 Å². The molecule has 0 spiro atoms. The molecule has 6 nitrogen and oxygen atoms in total. The highest BCUT2D eigenvalue weighted by Gasteiger charge is 2.32. The summed E-state index contributed by atoms with van der Waals surface area (Å²) in [5.41, 5.74) is 2.04. The van der Waals surface area contributed by atoms with Crippen molar-refractivity contribution in [3.63, 3.8) is 0 Å². The monoisotopic (exact) mass is 498 g/mol. The van der Waals surface area contributed by atoms with Gasteiger partial charge in [-0.25, -0.2) is 0 Å². The zero-order valence-electron chi connectivity index (χ0n) is 20.9. The van der Waals surface area contributed by atoms with Crippen LogP contribution in [0.2, 0.25) is 0 Å². The van der Waals surface area contributed by atoms with Crippen LogP contribution in [0.1, 0.15) is 13.8 Å². The molecule has 0 aliphatic rings. The van der Waals surface area contributed by atoms with Crippen molar-refractivity contribution < 1.29 is 9.13 Å². The Kier molecular flexibility index (Phi) is 4.61. The largest absolute Gasteiger partial charge is 0.290 e. The molecule has 0 atom stereocenters. The molecule has 0 aliphatic carbocycles. The fourth-order valence-corrected chi connectivity index (χ4v) is 6.20. The Morgan fingerprint density at radius 1 is 0.447 bits per heavy atom. The number of nitrogens with zero attached hydrogens (tertiary/aromatic N) is 2. The standard InChI is InChI=1S/C32H22N2O4/c1-3-33-23-15-13-22-26(32(38)20-12-8-6-10-18(20)30(22)36)28(23)34(4-2)24-16-14-21-25(27(24)33)31(37)19-11-7-5-9-17(19)29(21)35/h5-16H,3-4H2,1-2H3/q+2. The van der Waals surface area contributed by atoms with Gasteiger partial charge in [0.25, 0.3) is 22.1 Å². The van der Waals surface area contributed by atoms with Crippen LogP contribution in [0.5, 0.6) is 0 Å². The number of rotatable bonds is 2. The Bertz CT molecular complexity index is 2230. The van der Waals surface area contributed by atoms with Gasteiger partial charge in [0, 0.05) is 44.5 Å². The van der Waals surface area contributed by atoms with Crippen LogP contribution in [-0.2, 0) is 13.1 Å². The number of hydrogen-bond acceptors (Lipinski definition) is 4. The van der Waals surface area contributed by atoms with Gasteiger partial charge in [-0.1, -0.05) is 48.5 Å². The molecule has 0 aliphatic heterocycles. The summed E-state index contributed by atoms with van der Waals surface area (Å²) >= 11 is 0. The molecule has 0 radical (unpaired) electrons. The van der Waals surface area contributed by atoms with E-state index >= 15 is 0 Å². The quantitative estimate of drug-likeness (QED) is 0.208. The van der Waals surface area contributed by atoms with Crippen LogP contribution in [0, 0.1) is 0 Å². The lowest BCUT2D eigenvalue weighted by Gasteiger charge is -2.09. The second-order valence-corrected chi connectivity index (χ2v) is 9.61. The minimum atomic E-state index is -0.192. The summed E-state index contributed by atoms with van der Waals surface area (Å²) < 4.78 is 3.99. The van der Waals surface area contributed by atoms with E-state index in [1.807, 2.05) is 35.1 Å². The van der Waals surface area contributed by atoms with Crippen LogP contribution in [0.25, 0.3) is 65.2 Å². The highest BCUT2D eigenvalue weighted by molar-refractivity contribution is 6.11. The van der Waals surface area contributed by atoms with Crippen molar-refractivity contribution in [3.05, 3.63) is 114 Å². The van der Waals surface area contributed by atoms with Gasteiger partial charge >= 0.3 is 0 Å². The average molecular weight is 499 g/mol. The first-order chi connectivity index (χ1) is 18.5. The van der Waals surface area contributed by atoms with E-state index in [4.69, 9.17) is 0 Å². The van der Waals surface area contributed by atoms with Crippen molar-refractivity contribution in [2.24, 2.45) is 0 Å². The van der Waals surface area contributed by atoms with Gasteiger partial charge in [0.2, 0.25) is 10.9 Å². The first kappa shape index (κ1) is 22.4. The van der Waals surface area contributed by atoms with Crippen LogP contribution < -0.4 is 30.8 Å². The molecule has 6 aromatic carbocycles. The van der Waals surface area contributed by atoms with Crippen molar-refractivity contribution in [1.82, 2.24) is 0 Å². The van der Waals surface area contributed by atoms with E-state index in [2.05, 4.69) is 0 Å². The van der Waals surface area contributed by atoms with Gasteiger partial charge in [0.05, 0.1) is 0 Å². The SMILES string of the molecule is CC[n+]1c2ccc3c(=O)c4ccccc4c(=O)c3c2[n+](CC)c2ccc3c(=O)c4ccccc4c(=O)c3c21. The molecular formula is C32H22N2O4+2. The van der Waals surface area contributed by atoms with E-state index in [9.17, 15) is 19.2 Å². The Morgan fingerprint density at radius 3 is 1.13 bits per heavy atom. The van der Waals surface area contributed by atoms with Gasteiger partial charge in [0.1, 0.15) is 23.9 Å². The zero-order valence-corrected chi connectivity index (χ0v) is 20.9. The molecule has 0 saturated carbocycles. The molecule has 7 rings (SSSR count). The predicted molar refractivity (Wildman–Crippen MR) is 151 cm³/mol. The Hall–Kier alpha value is -4.84. The lowest BCUT2D eigenvalue weighted by Crippen LogP contribution is -2.46. The van der Waals surface area contributed by atoms with Crippen molar-refractivity contribution in [1.29, 1.82) is 0 Å². The van der Waals surface area contributed by atoms with E-state index in [1.165, 1.54) is 0 Å². The van der Waals surface area contributed by atoms with Gasteiger partial charge in [0.15, 0.2) is 10.9 Å². The molecule has 0 unspecified atom stereocenters. The lowest BCUT2D eigenvalue weighted by atomic mass is 9.98. The normalized spacial score (nSPS) is 12.1. The number of aromatic nitrogens is 2. The molecule has 0 N–H and O–H groups in total. The van der Waals surface area contributed by atoms with Gasteiger partial charge in [-0.05, 0) is 26.0 Å². The van der Waals surface area contributed by atoms with E-state index in [1.54, 1.807) is 60.7 Å². The summed E-state index contributed by atoms with van der Waals surface area (Å²) in [4.78, 5) is 54.6. The number of benzene rings is 6. The lowest BCUT2D eigenvalue weighted by molar-refractivity contribution is -0.679. The zero-order chi connectivity index (χ0) is 26.3. The summed E-state index contributed by atoms with van der Waals surface area (Å²) in [6.07, 6.45) is 0. The highest BCUT2D eigenvalue weighted by Crippen LogP contribution is 2.25. The summed E-state index contributed by atoms with van der Waals surface area (Å²) in [5, 5.41) is 3.12. The predicted octanol–water partition coefficient (Wildman–Crippen LogP) is 3.54. The maximum absolute atomic E-state index is 13.9. The van der Waals surface area contributed by atoms with E-state index < -0.39 is 0 Å². The van der Waals surface area contributed by atoms with Crippen LogP contribution in [0.3, 0.4) is 0 Å². The minimum absolute atomic E-state index is 0.175. The maximum atomic E-state index is 13.9. The molecule has 6 heteroatoms. The molecule has 182 valence electrons. The molecule has 38 heavy (non-hydrogen) atoms. The summed E-state index contributed by atoms with van der Waals surface area (Å²) in [6.45, 7) is 4.93. The second-order valence-electron chi connectivity index (χ2n) is 9.61. The van der Waals surface area contributed by atoms with Crippen molar-refractivity contribution in [2.45, 2.75) is 26.9 Å². The molecule has 0 amide bonds. The van der Waals surface area contributed by atoms with Crippen LogP contribution in [-0.4, -0.2) is 0 Å². The van der Waals surface area contributed by atoms with Gasteiger partial charge in [-0.2, -0.15) is 9.13 Å². The van der Waals surface area contributed by atoms with E-state index in [0.717, 1.165) is 11.0 Å². The van der Waals surface area contributed by atoms with Gasteiger partial charge in [-0.15, -0.1) is 0 Å². The molecule has 0 fully saturated rings. The van der Waals surface area contributed by atoms with Crippen LogP contribution >= 0.6 is 0 Å². The van der Waals surface area contributed by atoms with Crippen molar-refractivity contribution >= 4 is 65.2 Å². The van der Waals surface area contributed by atoms with Crippen molar-refractivity contribution in [2.75, 3.05) is 0 Å². The first-order valence-electron chi connectivity index (χ1n) is 12.7. The Balaban J connectivity index is 1.84. The summed E-state index contributed by atoms with van der Waals surface area (Å²) in [7, 11) is 0. The fraction of sp³-hybridized carbons (Fsp3) is 0.125. The second kappa shape index (κ2) is 7.83. The molecule has 0 saturated heterocycles. The maximum Gasteiger partial charge on any atom is 0.290 e. The van der Waals surface area contributed by atoms with Gasteiger partial charge < -0.3 is 0 Å².